The third-order valence-electron chi connectivity index (χ3n) is 2.29. The van der Waals surface area contributed by atoms with Gasteiger partial charge in [-0.1, -0.05) is 12.1 Å². The summed E-state index contributed by atoms with van der Waals surface area (Å²) in [6.07, 6.45) is 1.55. The fourth-order valence-electron chi connectivity index (χ4n) is 1.38. The molecule has 6 nitrogen and oxygen atoms in total. The van der Waals surface area contributed by atoms with Gasteiger partial charge in [0, 0.05) is 10.7 Å². The summed E-state index contributed by atoms with van der Waals surface area (Å²) in [5, 5.41) is 25.3. The first-order valence-electron chi connectivity index (χ1n) is 5.08. The molecule has 0 saturated heterocycles. The minimum atomic E-state index is 0.259. The molecule has 2 N–H and O–H groups in total. The van der Waals surface area contributed by atoms with E-state index in [1.54, 1.807) is 6.20 Å². The molecule has 0 atom stereocenters. The van der Waals surface area contributed by atoms with Crippen LogP contribution in [0.5, 0.6) is 0 Å². The third kappa shape index (κ3) is 2.55. The van der Waals surface area contributed by atoms with E-state index in [9.17, 15) is 0 Å². The van der Waals surface area contributed by atoms with Crippen molar-refractivity contribution in [2.24, 2.45) is 0 Å². The molecule has 0 spiro atoms. The van der Waals surface area contributed by atoms with Gasteiger partial charge < -0.3 is 5.32 Å². The maximum atomic E-state index is 9.02. The molecule has 0 radical (unpaired) electrons. The molecule has 0 amide bonds. The largest absolute Gasteiger partial charge is 0.359 e. The van der Waals surface area contributed by atoms with Crippen LogP contribution < -0.4 is 5.32 Å². The Balaban J connectivity index is 2.27. The highest BCUT2D eigenvalue weighted by Crippen LogP contribution is 2.26. The van der Waals surface area contributed by atoms with Crippen molar-refractivity contribution in [1.82, 2.24) is 20.6 Å². The van der Waals surface area contributed by atoms with Crippen molar-refractivity contribution < 1.29 is 0 Å². The van der Waals surface area contributed by atoms with Gasteiger partial charge in [0.25, 0.3) is 0 Å². The smallest absolute Gasteiger partial charge is 0.216 e. The first-order chi connectivity index (χ1) is 8.72. The fourth-order valence-corrected chi connectivity index (χ4v) is 1.96. The van der Waals surface area contributed by atoms with Crippen molar-refractivity contribution in [2.75, 3.05) is 5.32 Å². The number of nitrogens with one attached hydrogen (secondary N) is 2. The SMILES string of the molecule is Cc1cccc(Br)c1NC=C(C#N)c1nn[nH]n1. The number of para-hydroxylation sites is 1. The lowest BCUT2D eigenvalue weighted by Crippen LogP contribution is -1.95. The number of allylic oxidation sites excluding steroid dienone is 1. The lowest BCUT2D eigenvalue weighted by molar-refractivity contribution is 0.881. The molecule has 0 fully saturated rings. The van der Waals surface area contributed by atoms with Gasteiger partial charge in [0.1, 0.15) is 11.6 Å². The van der Waals surface area contributed by atoms with Gasteiger partial charge in [-0.25, -0.2) is 0 Å². The van der Waals surface area contributed by atoms with Crippen LogP contribution >= 0.6 is 15.9 Å². The van der Waals surface area contributed by atoms with Crippen LogP contribution in [0.3, 0.4) is 0 Å². The minimum absolute atomic E-state index is 0.259. The zero-order valence-corrected chi connectivity index (χ0v) is 11.1. The number of rotatable bonds is 3. The minimum Gasteiger partial charge on any atom is -0.359 e. The lowest BCUT2D eigenvalue weighted by atomic mass is 10.2. The highest BCUT2D eigenvalue weighted by Gasteiger charge is 2.06. The number of tetrazole rings is 1. The maximum Gasteiger partial charge on any atom is 0.216 e. The summed E-state index contributed by atoms with van der Waals surface area (Å²) in [7, 11) is 0. The van der Waals surface area contributed by atoms with E-state index in [0.717, 1.165) is 15.7 Å². The highest BCUT2D eigenvalue weighted by molar-refractivity contribution is 9.10. The summed E-state index contributed by atoms with van der Waals surface area (Å²) in [4.78, 5) is 0. The van der Waals surface area contributed by atoms with E-state index in [-0.39, 0.29) is 5.82 Å². The van der Waals surface area contributed by atoms with Crippen LogP contribution in [0.15, 0.2) is 28.9 Å². The molecule has 1 heterocycles. The topological polar surface area (TPSA) is 90.3 Å². The third-order valence-corrected chi connectivity index (χ3v) is 2.95. The van der Waals surface area contributed by atoms with Crippen molar-refractivity contribution in [3.8, 4) is 6.07 Å². The first kappa shape index (κ1) is 12.3. The van der Waals surface area contributed by atoms with Gasteiger partial charge in [0.15, 0.2) is 0 Å². The molecular formula is C11H9BrN6. The van der Waals surface area contributed by atoms with E-state index in [1.807, 2.05) is 31.2 Å². The van der Waals surface area contributed by atoms with Gasteiger partial charge in [0.05, 0.1) is 5.69 Å². The number of benzene rings is 1. The average Bonchev–Trinajstić information content (AvgIpc) is 2.87. The van der Waals surface area contributed by atoms with Crippen molar-refractivity contribution in [1.29, 1.82) is 5.26 Å². The van der Waals surface area contributed by atoms with Crippen molar-refractivity contribution in [3.63, 3.8) is 0 Å². The molecule has 18 heavy (non-hydrogen) atoms. The second-order valence-corrected chi connectivity index (χ2v) is 4.34. The monoisotopic (exact) mass is 304 g/mol. The Hall–Kier alpha value is -2.20. The molecule has 7 heteroatoms. The Kier molecular flexibility index (Phi) is 3.69. The number of nitrogens with zero attached hydrogens (tertiary/aromatic N) is 4. The molecule has 2 aromatic rings. The number of halogens is 1. The summed E-state index contributed by atoms with van der Waals surface area (Å²) >= 11 is 3.44. The second-order valence-electron chi connectivity index (χ2n) is 3.48. The average molecular weight is 305 g/mol. The Morgan fingerprint density at radius 2 is 2.39 bits per heavy atom. The van der Waals surface area contributed by atoms with Crippen LogP contribution in [0.2, 0.25) is 0 Å². The fraction of sp³-hybridized carbons (Fsp3) is 0.0909. The Morgan fingerprint density at radius 3 is 3.00 bits per heavy atom. The van der Waals surface area contributed by atoms with Crippen LogP contribution in [0, 0.1) is 18.3 Å². The number of aryl methyl sites for hydroxylation is 1. The van der Waals surface area contributed by atoms with Gasteiger partial charge in [-0.15, -0.1) is 10.2 Å². The number of nitriles is 1. The lowest BCUT2D eigenvalue weighted by Gasteiger charge is -2.07. The number of aromatic amines is 1. The van der Waals surface area contributed by atoms with E-state index >= 15 is 0 Å². The first-order valence-corrected chi connectivity index (χ1v) is 5.87. The number of hydrogen-bond acceptors (Lipinski definition) is 5. The quantitative estimate of drug-likeness (QED) is 0.849. The Labute approximate surface area is 112 Å². The molecule has 1 aromatic heterocycles. The molecule has 0 aliphatic heterocycles. The van der Waals surface area contributed by atoms with E-state index in [4.69, 9.17) is 5.26 Å². The van der Waals surface area contributed by atoms with Gasteiger partial charge in [0.2, 0.25) is 5.82 Å². The second kappa shape index (κ2) is 5.42. The zero-order chi connectivity index (χ0) is 13.0. The summed E-state index contributed by atoms with van der Waals surface area (Å²) in [5.74, 6) is 0.259. The Morgan fingerprint density at radius 1 is 1.56 bits per heavy atom. The molecule has 0 unspecified atom stereocenters. The maximum absolute atomic E-state index is 9.02. The van der Waals surface area contributed by atoms with Crippen LogP contribution in [0.25, 0.3) is 5.57 Å². The van der Waals surface area contributed by atoms with Crippen molar-refractivity contribution >= 4 is 27.2 Å². The number of aromatic nitrogens is 4. The standard InChI is InChI=1S/C11H9BrN6/c1-7-3-2-4-9(12)10(7)14-6-8(5-13)11-15-17-18-16-11/h2-4,6,14H,1H3,(H,15,16,17,18). The van der Waals surface area contributed by atoms with Crippen LogP contribution in [0.4, 0.5) is 5.69 Å². The number of H-pyrrole nitrogens is 1. The van der Waals surface area contributed by atoms with E-state index in [2.05, 4.69) is 41.9 Å². The van der Waals surface area contributed by atoms with Crippen LogP contribution in [0.1, 0.15) is 11.4 Å². The Bertz CT molecular complexity index is 591. The van der Waals surface area contributed by atoms with Crippen LogP contribution in [-0.4, -0.2) is 20.6 Å². The molecular weight excluding hydrogens is 296 g/mol. The van der Waals surface area contributed by atoms with Crippen LogP contribution in [-0.2, 0) is 0 Å². The van der Waals surface area contributed by atoms with Gasteiger partial charge in [-0.05, 0) is 39.7 Å². The predicted molar refractivity (Wildman–Crippen MR) is 70.3 cm³/mol. The summed E-state index contributed by atoms with van der Waals surface area (Å²) in [5.41, 5.74) is 2.26. The predicted octanol–water partition coefficient (Wildman–Crippen LogP) is 2.25. The molecule has 1 aromatic carbocycles. The molecule has 0 saturated carbocycles. The van der Waals surface area contributed by atoms with E-state index < -0.39 is 0 Å². The molecule has 0 bridgehead atoms. The molecule has 0 aliphatic carbocycles. The summed E-state index contributed by atoms with van der Waals surface area (Å²) < 4.78 is 0.921. The zero-order valence-electron chi connectivity index (χ0n) is 9.48. The van der Waals surface area contributed by atoms with E-state index in [1.165, 1.54) is 0 Å². The van der Waals surface area contributed by atoms with Gasteiger partial charge in [-0.3, -0.25) is 0 Å². The number of hydrogen-bond donors (Lipinski definition) is 2. The van der Waals surface area contributed by atoms with Gasteiger partial charge >= 0.3 is 0 Å². The molecule has 0 aliphatic rings. The highest BCUT2D eigenvalue weighted by atomic mass is 79.9. The van der Waals surface area contributed by atoms with Crippen molar-refractivity contribution in [3.05, 3.63) is 40.3 Å². The molecule has 90 valence electrons. The molecule has 2 rings (SSSR count). The number of anilines is 1. The van der Waals surface area contributed by atoms with Gasteiger partial charge in [-0.2, -0.15) is 10.5 Å². The summed E-state index contributed by atoms with van der Waals surface area (Å²) in [6, 6.07) is 7.85. The normalized spacial score (nSPS) is 11.1. The summed E-state index contributed by atoms with van der Waals surface area (Å²) in [6.45, 7) is 1.97. The van der Waals surface area contributed by atoms with Crippen molar-refractivity contribution in [2.45, 2.75) is 6.92 Å². The van der Waals surface area contributed by atoms with E-state index in [0.29, 0.717) is 5.57 Å².